The van der Waals surface area contributed by atoms with Gasteiger partial charge in [-0.2, -0.15) is 0 Å². The molecule has 82 valence electrons. The third kappa shape index (κ3) is 1.94. The molecule has 0 bridgehead atoms. The van der Waals surface area contributed by atoms with Crippen molar-refractivity contribution in [3.05, 3.63) is 0 Å². The number of nitrogens with zero attached hydrogens (tertiary/aromatic N) is 1. The molecule has 15 heavy (non-hydrogen) atoms. The van der Waals surface area contributed by atoms with Crippen LogP contribution in [0.15, 0.2) is 0 Å². The topological polar surface area (TPSA) is 29.5 Å². The van der Waals surface area contributed by atoms with Crippen molar-refractivity contribution in [3.63, 3.8) is 0 Å². The molecule has 2 rings (SSSR count). The summed E-state index contributed by atoms with van der Waals surface area (Å²) in [5.41, 5.74) is -0.441. The van der Waals surface area contributed by atoms with Crippen molar-refractivity contribution in [2.75, 3.05) is 0 Å². The van der Waals surface area contributed by atoms with Gasteiger partial charge >= 0.3 is 6.09 Å². The number of carbonyl (C=O) groups is 1. The fourth-order valence-corrected chi connectivity index (χ4v) is 2.18. The van der Waals surface area contributed by atoms with E-state index in [0.29, 0.717) is 12.0 Å². The van der Waals surface area contributed by atoms with Gasteiger partial charge in [-0.3, -0.25) is 4.90 Å². The summed E-state index contributed by atoms with van der Waals surface area (Å²) < 4.78 is 5.34. The number of carbonyl (C=O) groups excluding carboxylic acids is 1. The number of ether oxygens (including phenoxy) is 1. The number of hydrogen-bond acceptors (Lipinski definition) is 2. The molecule has 1 amide bonds. The molecule has 2 aliphatic rings. The molecule has 0 N–H and O–H groups in total. The molecule has 0 aromatic heterocycles. The van der Waals surface area contributed by atoms with Crippen LogP contribution in [-0.4, -0.2) is 28.7 Å². The monoisotopic (exact) mass is 207 g/mol. The average Bonchev–Trinajstić information content (AvgIpc) is 2.73. The van der Waals surface area contributed by atoms with E-state index in [0.717, 1.165) is 12.8 Å². The molecule has 3 heteroatoms. The maximum absolute atomic E-state index is 11.9. The highest BCUT2D eigenvalue weighted by molar-refractivity contribution is 5.71. The largest absolute Gasteiger partial charge is 0.444 e. The van der Waals surface area contributed by atoms with Gasteiger partial charge in [0, 0.05) is 6.04 Å². The van der Waals surface area contributed by atoms with Crippen LogP contribution in [0.5, 0.6) is 0 Å². The summed E-state index contributed by atoms with van der Waals surface area (Å²) in [5, 5.41) is 0. The highest BCUT2D eigenvalue weighted by Crippen LogP contribution is 2.48. The lowest BCUT2D eigenvalue weighted by Crippen LogP contribution is -2.41. The van der Waals surface area contributed by atoms with Crippen molar-refractivity contribution in [1.82, 2.24) is 4.90 Å². The number of fused-ring (bicyclic) bond motifs is 1. The lowest BCUT2D eigenvalue weighted by molar-refractivity contribution is 0.0225. The van der Waals surface area contributed by atoms with Crippen molar-refractivity contribution in [2.45, 2.75) is 51.3 Å². The molecule has 0 radical (unpaired) electrons. The van der Waals surface area contributed by atoms with Crippen LogP contribution in [0.1, 0.15) is 33.6 Å². The highest BCUT2D eigenvalue weighted by Gasteiger charge is 2.54. The minimum atomic E-state index is -0.441. The quantitative estimate of drug-likeness (QED) is 0.569. The number of piperidine rings is 1. The van der Waals surface area contributed by atoms with Crippen molar-refractivity contribution in [3.8, 4) is 12.3 Å². The number of rotatable bonds is 0. The summed E-state index contributed by atoms with van der Waals surface area (Å²) in [5.74, 6) is 3.29. The summed E-state index contributed by atoms with van der Waals surface area (Å²) >= 11 is 0. The molecule has 1 aliphatic carbocycles. The first kappa shape index (κ1) is 10.4. The van der Waals surface area contributed by atoms with E-state index in [9.17, 15) is 4.79 Å². The predicted octanol–water partition coefficient (Wildman–Crippen LogP) is 2.02. The van der Waals surface area contributed by atoms with Gasteiger partial charge in [-0.25, -0.2) is 4.79 Å². The lowest BCUT2D eigenvalue weighted by Gasteiger charge is -2.28. The molecular formula is C12H17NO2. The van der Waals surface area contributed by atoms with E-state index in [-0.39, 0.29) is 12.1 Å². The Hall–Kier alpha value is -1.17. The smallest absolute Gasteiger partial charge is 0.411 e. The first-order valence-corrected chi connectivity index (χ1v) is 5.40. The Morgan fingerprint density at radius 3 is 2.67 bits per heavy atom. The minimum absolute atomic E-state index is 0.0522. The van der Waals surface area contributed by atoms with Crippen LogP contribution in [0.4, 0.5) is 4.79 Å². The summed E-state index contributed by atoms with van der Waals surface area (Å²) in [4.78, 5) is 13.6. The fourth-order valence-electron chi connectivity index (χ4n) is 2.18. The highest BCUT2D eigenvalue weighted by atomic mass is 16.6. The number of likely N-dealkylation sites (tertiary alicyclic amines) is 1. The van der Waals surface area contributed by atoms with Crippen molar-refractivity contribution < 1.29 is 9.53 Å². The lowest BCUT2D eigenvalue weighted by atomic mass is 10.2. The van der Waals surface area contributed by atoms with Gasteiger partial charge in [0.1, 0.15) is 5.60 Å². The Kier molecular flexibility index (Phi) is 2.18. The maximum atomic E-state index is 11.9. The number of terminal acetylenes is 1. The minimum Gasteiger partial charge on any atom is -0.444 e. The van der Waals surface area contributed by atoms with Gasteiger partial charge in [0.05, 0.1) is 6.04 Å². The van der Waals surface area contributed by atoms with Gasteiger partial charge < -0.3 is 4.74 Å². The first-order chi connectivity index (χ1) is 6.92. The van der Waals surface area contributed by atoms with E-state index in [1.165, 1.54) is 0 Å². The standard InChI is InChI=1S/C12H17NO2/c1-5-9-6-8-7-10(8)13(9)11(14)15-12(2,3)4/h1,8-10H,6-7H2,2-4H3/t8-,9-,10?/m0/s1. The first-order valence-electron chi connectivity index (χ1n) is 5.40. The van der Waals surface area contributed by atoms with Gasteiger partial charge in [-0.05, 0) is 39.5 Å². The molecule has 0 aromatic rings. The van der Waals surface area contributed by atoms with Crippen molar-refractivity contribution >= 4 is 6.09 Å². The summed E-state index contributed by atoms with van der Waals surface area (Å²) in [6.45, 7) is 5.61. The zero-order chi connectivity index (χ0) is 11.2. The third-order valence-corrected chi connectivity index (χ3v) is 2.90. The van der Waals surface area contributed by atoms with E-state index < -0.39 is 5.60 Å². The molecule has 1 saturated heterocycles. The van der Waals surface area contributed by atoms with Crippen LogP contribution >= 0.6 is 0 Å². The molecule has 3 atom stereocenters. The van der Waals surface area contributed by atoms with Crippen LogP contribution in [0.3, 0.4) is 0 Å². The maximum Gasteiger partial charge on any atom is 0.411 e. The molecule has 0 aromatic carbocycles. The van der Waals surface area contributed by atoms with Crippen LogP contribution < -0.4 is 0 Å². The van der Waals surface area contributed by atoms with Crippen LogP contribution in [0, 0.1) is 18.3 Å². The summed E-state index contributed by atoms with van der Waals surface area (Å²) in [6, 6.07) is 0.296. The van der Waals surface area contributed by atoms with Crippen molar-refractivity contribution in [2.24, 2.45) is 5.92 Å². The third-order valence-electron chi connectivity index (χ3n) is 2.90. The molecule has 0 spiro atoms. The van der Waals surface area contributed by atoms with Crippen LogP contribution in [0.25, 0.3) is 0 Å². The molecular weight excluding hydrogens is 190 g/mol. The Labute approximate surface area is 90.8 Å². The number of amides is 1. The zero-order valence-electron chi connectivity index (χ0n) is 9.49. The van der Waals surface area contributed by atoms with E-state index in [2.05, 4.69) is 5.92 Å². The van der Waals surface area contributed by atoms with E-state index in [1.807, 2.05) is 20.8 Å². The summed E-state index contributed by atoms with van der Waals surface area (Å²) in [7, 11) is 0. The second-order valence-electron chi connectivity index (χ2n) is 5.37. The Morgan fingerprint density at radius 1 is 1.47 bits per heavy atom. The SMILES string of the molecule is C#C[C@H]1C[C@H]2CC2N1C(=O)OC(C)(C)C. The van der Waals surface area contributed by atoms with Gasteiger partial charge in [-0.1, -0.05) is 5.92 Å². The number of hydrogen-bond donors (Lipinski definition) is 0. The van der Waals surface area contributed by atoms with Crippen LogP contribution in [-0.2, 0) is 4.74 Å². The zero-order valence-corrected chi connectivity index (χ0v) is 9.49. The normalized spacial score (nSPS) is 33.2. The molecule has 1 heterocycles. The average molecular weight is 207 g/mol. The fraction of sp³-hybridized carbons (Fsp3) is 0.750. The Morgan fingerprint density at radius 2 is 2.13 bits per heavy atom. The van der Waals surface area contributed by atoms with E-state index in [1.54, 1.807) is 4.90 Å². The summed E-state index contributed by atoms with van der Waals surface area (Å²) in [6.07, 6.45) is 7.19. The van der Waals surface area contributed by atoms with Gasteiger partial charge in [0.2, 0.25) is 0 Å². The second-order valence-corrected chi connectivity index (χ2v) is 5.37. The Balaban J connectivity index is 2.04. The molecule has 2 fully saturated rings. The van der Waals surface area contributed by atoms with Gasteiger partial charge in [-0.15, -0.1) is 6.42 Å². The van der Waals surface area contributed by atoms with Crippen LogP contribution in [0.2, 0.25) is 0 Å². The second kappa shape index (κ2) is 3.16. The van der Waals surface area contributed by atoms with E-state index in [4.69, 9.17) is 11.2 Å². The molecule has 1 saturated carbocycles. The van der Waals surface area contributed by atoms with Gasteiger partial charge in [0.15, 0.2) is 0 Å². The molecule has 1 aliphatic heterocycles. The van der Waals surface area contributed by atoms with Gasteiger partial charge in [0.25, 0.3) is 0 Å². The predicted molar refractivity (Wildman–Crippen MR) is 57.2 cm³/mol. The van der Waals surface area contributed by atoms with Crippen molar-refractivity contribution in [1.29, 1.82) is 0 Å². The Bertz CT molecular complexity index is 323. The molecule has 3 nitrogen and oxygen atoms in total. The van der Waals surface area contributed by atoms with E-state index >= 15 is 0 Å². The molecule has 1 unspecified atom stereocenters.